The molecule has 3 heteroatoms. The van der Waals surface area contributed by atoms with Gasteiger partial charge in [0.15, 0.2) is 0 Å². The van der Waals surface area contributed by atoms with E-state index >= 15 is 0 Å². The van der Waals surface area contributed by atoms with E-state index in [2.05, 4.69) is 59.0 Å². The second-order valence-electron chi connectivity index (χ2n) is 4.90. The zero-order valence-corrected chi connectivity index (χ0v) is 13.0. The summed E-state index contributed by atoms with van der Waals surface area (Å²) < 4.78 is 1.19. The molecule has 1 aliphatic heterocycles. The van der Waals surface area contributed by atoms with Crippen molar-refractivity contribution >= 4 is 33.4 Å². The molecule has 0 bridgehead atoms. The van der Waals surface area contributed by atoms with Gasteiger partial charge in [0.1, 0.15) is 0 Å². The zero-order chi connectivity index (χ0) is 12.3. The summed E-state index contributed by atoms with van der Waals surface area (Å²) in [5.41, 5.74) is 3.92. The Bertz CT molecular complexity index is 363. The van der Waals surface area contributed by atoms with Crippen LogP contribution in [0.3, 0.4) is 0 Å². The third-order valence-electron chi connectivity index (χ3n) is 3.25. The summed E-state index contributed by atoms with van der Waals surface area (Å²) in [4.78, 5) is 0. The van der Waals surface area contributed by atoms with E-state index in [0.29, 0.717) is 0 Å². The molecular weight excluding hydrogens is 294 g/mol. The van der Waals surface area contributed by atoms with Crippen LogP contribution in [0, 0.1) is 19.8 Å². The molecule has 1 unspecified atom stereocenters. The van der Waals surface area contributed by atoms with Gasteiger partial charge in [-0.15, -0.1) is 0 Å². The smallest absolute Gasteiger partial charge is 0.0514 e. The van der Waals surface area contributed by atoms with E-state index in [-0.39, 0.29) is 0 Å². The lowest BCUT2D eigenvalue weighted by molar-refractivity contribution is 0.548. The van der Waals surface area contributed by atoms with Gasteiger partial charge in [-0.25, -0.2) is 0 Å². The highest BCUT2D eigenvalue weighted by atomic mass is 79.9. The third kappa shape index (κ3) is 3.65. The maximum Gasteiger partial charge on any atom is 0.0514 e. The number of halogens is 1. The lowest BCUT2D eigenvalue weighted by Crippen LogP contribution is -2.20. The van der Waals surface area contributed by atoms with Crippen molar-refractivity contribution in [2.24, 2.45) is 5.92 Å². The molecule has 17 heavy (non-hydrogen) atoms. The van der Waals surface area contributed by atoms with Crippen molar-refractivity contribution in [2.75, 3.05) is 23.4 Å². The predicted molar refractivity (Wildman–Crippen MR) is 82.2 cm³/mol. The second-order valence-corrected chi connectivity index (χ2v) is 6.91. The Morgan fingerprint density at radius 3 is 2.88 bits per heavy atom. The molecule has 94 valence electrons. The van der Waals surface area contributed by atoms with Crippen LogP contribution < -0.4 is 5.32 Å². The molecule has 1 aromatic carbocycles. The van der Waals surface area contributed by atoms with Crippen LogP contribution in [0.5, 0.6) is 0 Å². The van der Waals surface area contributed by atoms with Crippen molar-refractivity contribution in [1.29, 1.82) is 0 Å². The van der Waals surface area contributed by atoms with Gasteiger partial charge in [0, 0.05) is 11.0 Å². The number of hydrogen-bond acceptors (Lipinski definition) is 2. The number of anilines is 1. The summed E-state index contributed by atoms with van der Waals surface area (Å²) in [6.07, 6.45) is 2.76. The molecule has 0 aliphatic carbocycles. The molecule has 0 aromatic heterocycles. The minimum Gasteiger partial charge on any atom is -0.384 e. The van der Waals surface area contributed by atoms with Gasteiger partial charge in [-0.1, -0.05) is 6.07 Å². The monoisotopic (exact) mass is 313 g/mol. The molecule has 0 radical (unpaired) electrons. The van der Waals surface area contributed by atoms with Crippen LogP contribution in [0.4, 0.5) is 5.69 Å². The van der Waals surface area contributed by atoms with Crippen LogP contribution >= 0.6 is 27.7 Å². The van der Waals surface area contributed by atoms with Crippen LogP contribution in [0.15, 0.2) is 16.6 Å². The van der Waals surface area contributed by atoms with E-state index in [4.69, 9.17) is 0 Å². The van der Waals surface area contributed by atoms with Gasteiger partial charge in [-0.05, 0) is 77.2 Å². The summed E-state index contributed by atoms with van der Waals surface area (Å²) in [5, 5.41) is 3.62. The highest BCUT2D eigenvalue weighted by Crippen LogP contribution is 2.29. The van der Waals surface area contributed by atoms with E-state index in [1.54, 1.807) is 0 Å². The van der Waals surface area contributed by atoms with Crippen molar-refractivity contribution in [3.8, 4) is 0 Å². The first-order valence-electron chi connectivity index (χ1n) is 6.25. The first-order chi connectivity index (χ1) is 8.16. The summed E-state index contributed by atoms with van der Waals surface area (Å²) >= 11 is 5.75. The third-order valence-corrected chi connectivity index (χ3v) is 5.16. The van der Waals surface area contributed by atoms with Crippen LogP contribution in [0.25, 0.3) is 0 Å². The Morgan fingerprint density at radius 1 is 1.41 bits per heavy atom. The number of nitrogens with one attached hydrogen (secondary N) is 1. The van der Waals surface area contributed by atoms with E-state index < -0.39 is 0 Å². The molecule has 1 aliphatic rings. The van der Waals surface area contributed by atoms with E-state index in [1.165, 1.54) is 45.6 Å². The molecule has 1 aromatic rings. The van der Waals surface area contributed by atoms with Gasteiger partial charge in [0.25, 0.3) is 0 Å². The fourth-order valence-corrected chi connectivity index (χ4v) is 4.32. The van der Waals surface area contributed by atoms with E-state index in [0.717, 1.165) is 12.5 Å². The molecule has 1 N–H and O–H groups in total. The van der Waals surface area contributed by atoms with Gasteiger partial charge in [0.05, 0.1) is 5.69 Å². The van der Waals surface area contributed by atoms with Crippen molar-refractivity contribution in [3.05, 3.63) is 27.7 Å². The molecule has 1 nitrogen and oxygen atoms in total. The fraction of sp³-hybridized carbons (Fsp3) is 0.571. The standard InChI is InChI=1S/C14H20BrNS/c1-10-6-11(2)14(13(15)7-10)16-8-12-4-3-5-17-9-12/h6-7,12,16H,3-5,8-9H2,1-2H3. The van der Waals surface area contributed by atoms with Crippen LogP contribution in [0.2, 0.25) is 0 Å². The summed E-state index contributed by atoms with van der Waals surface area (Å²) in [6, 6.07) is 4.42. The maximum absolute atomic E-state index is 3.66. The van der Waals surface area contributed by atoms with Crippen LogP contribution in [0.1, 0.15) is 24.0 Å². The maximum atomic E-state index is 3.66. The Balaban J connectivity index is 1.98. The highest BCUT2D eigenvalue weighted by Gasteiger charge is 2.14. The van der Waals surface area contributed by atoms with Gasteiger partial charge < -0.3 is 5.32 Å². The van der Waals surface area contributed by atoms with Gasteiger partial charge >= 0.3 is 0 Å². The van der Waals surface area contributed by atoms with Gasteiger partial charge in [0.2, 0.25) is 0 Å². The minimum atomic E-state index is 0.835. The number of hydrogen-bond donors (Lipinski definition) is 1. The molecular formula is C14H20BrNS. The topological polar surface area (TPSA) is 12.0 Å². The van der Waals surface area contributed by atoms with Crippen LogP contribution in [-0.2, 0) is 0 Å². The minimum absolute atomic E-state index is 0.835. The summed E-state index contributed by atoms with van der Waals surface area (Å²) in [6.45, 7) is 5.42. The molecule has 2 rings (SSSR count). The SMILES string of the molecule is Cc1cc(C)c(NCC2CCCSC2)c(Br)c1. The quantitative estimate of drug-likeness (QED) is 0.873. The molecule has 1 atom stereocenters. The number of benzene rings is 1. The van der Waals surface area contributed by atoms with Crippen molar-refractivity contribution in [1.82, 2.24) is 0 Å². The first kappa shape index (κ1) is 13.3. The first-order valence-corrected chi connectivity index (χ1v) is 8.20. The average molecular weight is 314 g/mol. The molecule has 0 saturated carbocycles. The predicted octanol–water partition coefficient (Wildman–Crippen LogP) is 4.62. The Morgan fingerprint density at radius 2 is 2.24 bits per heavy atom. The lowest BCUT2D eigenvalue weighted by atomic mass is 10.0. The molecule has 0 spiro atoms. The van der Waals surface area contributed by atoms with Gasteiger partial charge in [-0.3, -0.25) is 0 Å². The number of rotatable bonds is 3. The number of thioether (sulfide) groups is 1. The largest absolute Gasteiger partial charge is 0.384 e. The van der Waals surface area contributed by atoms with Gasteiger partial charge in [-0.2, -0.15) is 11.8 Å². The van der Waals surface area contributed by atoms with E-state index in [1.807, 2.05) is 0 Å². The lowest BCUT2D eigenvalue weighted by Gasteiger charge is -2.23. The summed E-state index contributed by atoms with van der Waals surface area (Å²) in [7, 11) is 0. The van der Waals surface area contributed by atoms with Crippen molar-refractivity contribution in [3.63, 3.8) is 0 Å². The molecule has 1 saturated heterocycles. The zero-order valence-electron chi connectivity index (χ0n) is 10.6. The Labute approximate surface area is 117 Å². The normalized spacial score (nSPS) is 20.3. The molecule has 1 heterocycles. The average Bonchev–Trinajstić information content (AvgIpc) is 2.29. The van der Waals surface area contributed by atoms with Crippen molar-refractivity contribution < 1.29 is 0 Å². The summed E-state index contributed by atoms with van der Waals surface area (Å²) in [5.74, 6) is 3.50. The Hall–Kier alpha value is -0.150. The van der Waals surface area contributed by atoms with Crippen LogP contribution in [-0.4, -0.2) is 18.1 Å². The van der Waals surface area contributed by atoms with E-state index in [9.17, 15) is 0 Å². The van der Waals surface area contributed by atoms with Crippen molar-refractivity contribution in [2.45, 2.75) is 26.7 Å². The molecule has 1 fully saturated rings. The second kappa shape index (κ2) is 6.14. The highest BCUT2D eigenvalue weighted by molar-refractivity contribution is 9.10. The Kier molecular flexibility index (Phi) is 4.80. The molecule has 0 amide bonds. The number of aryl methyl sites for hydroxylation is 2. The fourth-order valence-electron chi connectivity index (χ4n) is 2.35.